The zero-order valence-electron chi connectivity index (χ0n) is 14.9. The highest BCUT2D eigenvalue weighted by Crippen LogP contribution is 2.32. The number of hydrogen-bond donors (Lipinski definition) is 2. The number of carbonyl (C=O) groups excluding carboxylic acids is 2. The first-order valence-corrected chi connectivity index (χ1v) is 8.97. The van der Waals surface area contributed by atoms with E-state index in [0.717, 1.165) is 0 Å². The summed E-state index contributed by atoms with van der Waals surface area (Å²) in [5.41, 5.74) is 1.84. The first-order valence-electron chi connectivity index (χ1n) is 8.97. The third-order valence-corrected chi connectivity index (χ3v) is 4.85. The highest BCUT2D eigenvalue weighted by molar-refractivity contribution is 6.12. The van der Waals surface area contributed by atoms with E-state index < -0.39 is 17.6 Å². The molecule has 2 aromatic rings. The monoisotopic (exact) mass is 384 g/mol. The first kappa shape index (κ1) is 18.1. The predicted molar refractivity (Wildman–Crippen MR) is 102 cm³/mol. The van der Waals surface area contributed by atoms with Crippen molar-refractivity contribution in [2.75, 3.05) is 29.9 Å². The maximum Gasteiger partial charge on any atom is 0.237 e. The summed E-state index contributed by atoms with van der Waals surface area (Å²) >= 11 is 0. The highest BCUT2D eigenvalue weighted by atomic mass is 19.1. The molecule has 2 heterocycles. The quantitative estimate of drug-likeness (QED) is 0.800. The number of fused-ring (bicyclic) bond motifs is 1. The maximum absolute atomic E-state index is 14.6. The molecule has 2 amide bonds. The summed E-state index contributed by atoms with van der Waals surface area (Å²) in [4.78, 5) is 29.6. The van der Waals surface area contributed by atoms with Crippen molar-refractivity contribution in [3.63, 3.8) is 0 Å². The Hall–Kier alpha value is -3.29. The van der Waals surface area contributed by atoms with E-state index in [0.29, 0.717) is 48.7 Å². The molecule has 0 spiro atoms. The Morgan fingerprint density at radius 2 is 1.96 bits per heavy atom. The van der Waals surface area contributed by atoms with Crippen molar-refractivity contribution >= 4 is 35.1 Å². The molecule has 2 aliphatic rings. The average Bonchev–Trinajstić information content (AvgIpc) is 2.81. The number of amides is 2. The lowest BCUT2D eigenvalue weighted by Gasteiger charge is -2.22. The molecule has 4 rings (SSSR count). The number of anilines is 2. The number of halogens is 2. The molecular formula is C20H18F2N4O2. The third-order valence-electron chi connectivity index (χ3n) is 4.85. The second kappa shape index (κ2) is 7.38. The van der Waals surface area contributed by atoms with Crippen molar-refractivity contribution in [2.24, 2.45) is 4.99 Å². The van der Waals surface area contributed by atoms with Crippen LogP contribution in [0.4, 0.5) is 25.8 Å². The normalized spacial score (nSPS) is 19.4. The molecule has 6 nitrogen and oxygen atoms in total. The summed E-state index contributed by atoms with van der Waals surface area (Å²) in [5, 5.41) is 5.37. The molecule has 2 N–H and O–H groups in total. The minimum atomic E-state index is -0.652. The topological polar surface area (TPSA) is 73.8 Å². The number of nitrogens with zero attached hydrogens (tertiary/aromatic N) is 2. The van der Waals surface area contributed by atoms with Crippen molar-refractivity contribution in [3.8, 4) is 0 Å². The Balaban J connectivity index is 1.52. The SMILES string of the molecule is O=C1CCN(c2ccc(N=CC3C(=O)Nc4cc(F)ccc43)cc2F)CCN1. The summed E-state index contributed by atoms with van der Waals surface area (Å²) in [6, 6.07) is 8.66. The molecular weight excluding hydrogens is 366 g/mol. The van der Waals surface area contributed by atoms with Crippen LogP contribution in [0.5, 0.6) is 0 Å². The molecule has 2 aromatic carbocycles. The molecule has 2 aliphatic heterocycles. The van der Waals surface area contributed by atoms with Gasteiger partial charge in [-0.3, -0.25) is 14.6 Å². The summed E-state index contributed by atoms with van der Waals surface area (Å²) in [5.74, 6) is -1.87. The van der Waals surface area contributed by atoms with Gasteiger partial charge < -0.3 is 15.5 Å². The predicted octanol–water partition coefficient (Wildman–Crippen LogP) is 2.73. The fraction of sp³-hybridized carbons (Fsp3) is 0.250. The Morgan fingerprint density at radius 1 is 1.11 bits per heavy atom. The van der Waals surface area contributed by atoms with Crippen LogP contribution in [0.15, 0.2) is 41.4 Å². The fourth-order valence-corrected chi connectivity index (χ4v) is 3.41. The standard InChI is InChI=1S/C20H18F2N4O2/c21-12-1-3-14-15(20(28)25-17(14)9-12)11-24-13-2-4-18(16(22)10-13)26-7-5-19(27)23-6-8-26/h1-4,9-11,15H,5-8H2,(H,23,27)(H,25,28). The van der Waals surface area contributed by atoms with Gasteiger partial charge in [-0.25, -0.2) is 8.78 Å². The van der Waals surface area contributed by atoms with Gasteiger partial charge in [-0.15, -0.1) is 0 Å². The molecule has 0 radical (unpaired) electrons. The Bertz CT molecular complexity index is 977. The van der Waals surface area contributed by atoms with Crippen molar-refractivity contribution in [1.29, 1.82) is 0 Å². The molecule has 28 heavy (non-hydrogen) atoms. The molecule has 0 saturated carbocycles. The van der Waals surface area contributed by atoms with E-state index in [2.05, 4.69) is 15.6 Å². The summed E-state index contributed by atoms with van der Waals surface area (Å²) in [7, 11) is 0. The van der Waals surface area contributed by atoms with Crippen LogP contribution in [-0.4, -0.2) is 37.7 Å². The number of hydrogen-bond acceptors (Lipinski definition) is 4. The molecule has 144 valence electrons. The van der Waals surface area contributed by atoms with Crippen LogP contribution in [0, 0.1) is 11.6 Å². The van der Waals surface area contributed by atoms with E-state index in [4.69, 9.17) is 0 Å². The van der Waals surface area contributed by atoms with Crippen molar-refractivity contribution in [2.45, 2.75) is 12.3 Å². The minimum Gasteiger partial charge on any atom is -0.367 e. The third kappa shape index (κ3) is 3.58. The summed E-state index contributed by atoms with van der Waals surface area (Å²) in [6.45, 7) is 1.44. The largest absolute Gasteiger partial charge is 0.367 e. The van der Waals surface area contributed by atoms with Gasteiger partial charge in [0.1, 0.15) is 17.6 Å². The van der Waals surface area contributed by atoms with Crippen LogP contribution in [0.1, 0.15) is 17.9 Å². The minimum absolute atomic E-state index is 0.0425. The molecule has 1 fully saturated rings. The Morgan fingerprint density at radius 3 is 2.79 bits per heavy atom. The zero-order chi connectivity index (χ0) is 19.7. The number of carbonyl (C=O) groups is 2. The van der Waals surface area contributed by atoms with E-state index in [1.165, 1.54) is 30.5 Å². The zero-order valence-corrected chi connectivity index (χ0v) is 14.9. The van der Waals surface area contributed by atoms with Crippen LogP contribution < -0.4 is 15.5 Å². The Kier molecular flexibility index (Phi) is 4.77. The molecule has 0 aromatic heterocycles. The van der Waals surface area contributed by atoms with Crippen LogP contribution in [0.3, 0.4) is 0 Å². The van der Waals surface area contributed by atoms with Gasteiger partial charge in [-0.2, -0.15) is 0 Å². The van der Waals surface area contributed by atoms with Gasteiger partial charge in [-0.1, -0.05) is 6.07 Å². The van der Waals surface area contributed by atoms with Crippen LogP contribution in [0.2, 0.25) is 0 Å². The van der Waals surface area contributed by atoms with Gasteiger partial charge in [0.15, 0.2) is 0 Å². The number of nitrogens with one attached hydrogen (secondary N) is 2. The van der Waals surface area contributed by atoms with Gasteiger partial charge in [0.05, 0.1) is 11.4 Å². The lowest BCUT2D eigenvalue weighted by molar-refractivity contribution is -0.120. The smallest absolute Gasteiger partial charge is 0.237 e. The van der Waals surface area contributed by atoms with Gasteiger partial charge in [0.25, 0.3) is 0 Å². The summed E-state index contributed by atoms with van der Waals surface area (Å²) < 4.78 is 27.9. The number of benzene rings is 2. The van der Waals surface area contributed by atoms with Crippen LogP contribution >= 0.6 is 0 Å². The Labute approximate surface area is 160 Å². The summed E-state index contributed by atoms with van der Waals surface area (Å²) in [6.07, 6.45) is 1.75. The first-order chi connectivity index (χ1) is 13.5. The van der Waals surface area contributed by atoms with Crippen molar-refractivity contribution in [1.82, 2.24) is 5.32 Å². The number of rotatable bonds is 3. The van der Waals surface area contributed by atoms with E-state index >= 15 is 0 Å². The van der Waals surface area contributed by atoms with Gasteiger partial charge in [-0.05, 0) is 29.8 Å². The van der Waals surface area contributed by atoms with Crippen molar-refractivity contribution < 1.29 is 18.4 Å². The molecule has 0 bridgehead atoms. The van der Waals surface area contributed by atoms with Gasteiger partial charge in [0.2, 0.25) is 11.8 Å². The fourth-order valence-electron chi connectivity index (χ4n) is 3.41. The van der Waals surface area contributed by atoms with E-state index in [-0.39, 0.29) is 11.8 Å². The van der Waals surface area contributed by atoms with E-state index in [1.54, 1.807) is 12.1 Å². The molecule has 0 aliphatic carbocycles. The molecule has 1 saturated heterocycles. The van der Waals surface area contributed by atoms with E-state index in [9.17, 15) is 18.4 Å². The van der Waals surface area contributed by atoms with Gasteiger partial charge in [0, 0.05) is 44.0 Å². The number of aliphatic imine (C=N–C) groups is 1. The lowest BCUT2D eigenvalue weighted by Crippen LogP contribution is -2.28. The molecule has 8 heteroatoms. The molecule has 1 unspecified atom stereocenters. The second-order valence-electron chi connectivity index (χ2n) is 6.70. The van der Waals surface area contributed by atoms with Gasteiger partial charge >= 0.3 is 0 Å². The van der Waals surface area contributed by atoms with Crippen molar-refractivity contribution in [3.05, 3.63) is 53.6 Å². The molecule has 1 atom stereocenters. The maximum atomic E-state index is 14.6. The second-order valence-corrected chi connectivity index (χ2v) is 6.70. The van der Waals surface area contributed by atoms with Crippen LogP contribution in [-0.2, 0) is 9.59 Å². The lowest BCUT2D eigenvalue weighted by atomic mass is 10.0. The average molecular weight is 384 g/mol. The van der Waals surface area contributed by atoms with Crippen LogP contribution in [0.25, 0.3) is 0 Å². The van der Waals surface area contributed by atoms with E-state index in [1.807, 2.05) is 4.90 Å². The highest BCUT2D eigenvalue weighted by Gasteiger charge is 2.29.